The second kappa shape index (κ2) is 24.4. The minimum absolute atomic E-state index is 0.0120. The summed E-state index contributed by atoms with van der Waals surface area (Å²) in [5.41, 5.74) is 2.86. The molecule has 0 spiro atoms. The van der Waals surface area contributed by atoms with Crippen LogP contribution < -0.4 is 5.32 Å². The van der Waals surface area contributed by atoms with Crippen molar-refractivity contribution in [2.24, 2.45) is 29.6 Å². The summed E-state index contributed by atoms with van der Waals surface area (Å²) in [6.45, 7) is 16.9. The van der Waals surface area contributed by atoms with E-state index in [2.05, 4.69) is 29.0 Å². The van der Waals surface area contributed by atoms with Crippen LogP contribution in [0.25, 0.3) is 0 Å². The standard InChI is InChI=1S/C48H75N5O8/c1-14-32(6)44(52(10)47(57)37(30(2)3)27-40(54)43(31(4)5)51(9)29-36-22-23-49-33(7)25-36)41(59-11)28-42(55)53-24-18-21-39(53)45(60-12)34(8)46(56)50-38(48(58)61-13)26-35-19-16-15-17-20-35/h15-17,19-20,22-23,25,30-32,34,37-39,41,43-45H,14,18,21,24,26-29H2,1-13H3,(H,50,56)/t32-,34+,37-,38-,39-,41+,43-,44-,45+/m0/s1. The number of esters is 1. The third kappa shape index (κ3) is 13.9. The van der Waals surface area contributed by atoms with E-state index in [0.717, 1.165) is 29.7 Å². The molecular weight excluding hydrogens is 775 g/mol. The fourth-order valence-corrected chi connectivity index (χ4v) is 9.22. The number of carbonyl (C=O) groups is 5. The van der Waals surface area contributed by atoms with E-state index in [-0.39, 0.29) is 66.6 Å². The van der Waals surface area contributed by atoms with E-state index >= 15 is 0 Å². The monoisotopic (exact) mass is 850 g/mol. The van der Waals surface area contributed by atoms with Crippen LogP contribution >= 0.6 is 0 Å². The number of ketones is 1. The number of aryl methyl sites for hydroxylation is 1. The second-order valence-corrected chi connectivity index (χ2v) is 17.8. The lowest BCUT2D eigenvalue weighted by molar-refractivity contribution is -0.150. The van der Waals surface area contributed by atoms with E-state index in [1.165, 1.54) is 14.2 Å². The number of nitrogens with one attached hydrogen (secondary N) is 1. The Kier molecular flexibility index (Phi) is 20.5. The van der Waals surface area contributed by atoms with Crippen LogP contribution in [0, 0.1) is 36.5 Å². The van der Waals surface area contributed by atoms with Gasteiger partial charge in [0.05, 0.1) is 49.8 Å². The molecule has 1 aromatic carbocycles. The molecule has 1 saturated heterocycles. The lowest BCUT2D eigenvalue weighted by atomic mass is 9.83. The molecule has 1 N–H and O–H groups in total. The molecule has 0 saturated carbocycles. The summed E-state index contributed by atoms with van der Waals surface area (Å²) in [7, 11) is 8.13. The molecule has 1 aliphatic rings. The third-order valence-corrected chi connectivity index (χ3v) is 12.7. The first-order valence-electron chi connectivity index (χ1n) is 22.1. The smallest absolute Gasteiger partial charge is 0.328 e. The zero-order valence-electron chi connectivity index (χ0n) is 39.2. The van der Waals surface area contributed by atoms with Crippen molar-refractivity contribution in [2.75, 3.05) is 42.0 Å². The molecule has 1 aromatic heterocycles. The number of likely N-dealkylation sites (N-methyl/N-ethyl adjacent to an activating group) is 2. The maximum Gasteiger partial charge on any atom is 0.328 e. The average Bonchev–Trinajstić information content (AvgIpc) is 3.71. The molecule has 1 fully saturated rings. The number of aromatic nitrogens is 1. The Morgan fingerprint density at radius 1 is 0.902 bits per heavy atom. The van der Waals surface area contributed by atoms with E-state index in [0.29, 0.717) is 19.5 Å². The number of Topliss-reactive ketones (excluding diaryl/α,β-unsaturated/α-hetero) is 1. The number of pyridine rings is 1. The van der Waals surface area contributed by atoms with Crippen molar-refractivity contribution in [2.45, 2.75) is 137 Å². The molecular formula is C48H75N5O8. The van der Waals surface area contributed by atoms with Crippen molar-refractivity contribution in [3.63, 3.8) is 0 Å². The van der Waals surface area contributed by atoms with Gasteiger partial charge in [0, 0.05) is 65.0 Å². The van der Waals surface area contributed by atoms with Crippen molar-refractivity contribution in [3.05, 3.63) is 65.5 Å². The Bertz CT molecular complexity index is 1720. The zero-order valence-corrected chi connectivity index (χ0v) is 39.2. The van der Waals surface area contributed by atoms with E-state index < -0.39 is 48.1 Å². The largest absolute Gasteiger partial charge is 0.467 e. The Hall–Kier alpha value is -4.20. The minimum atomic E-state index is -0.894. The number of carbonyl (C=O) groups excluding carboxylic acids is 5. The highest BCUT2D eigenvalue weighted by molar-refractivity contribution is 5.90. The van der Waals surface area contributed by atoms with Gasteiger partial charge in [-0.05, 0) is 67.8 Å². The van der Waals surface area contributed by atoms with E-state index in [1.54, 1.807) is 37.1 Å². The number of ether oxygens (including phenoxy) is 3. The second-order valence-electron chi connectivity index (χ2n) is 17.8. The molecule has 0 bridgehead atoms. The number of hydrogen-bond donors (Lipinski definition) is 1. The van der Waals surface area contributed by atoms with Gasteiger partial charge in [0.25, 0.3) is 0 Å². The summed E-state index contributed by atoms with van der Waals surface area (Å²) in [4.78, 5) is 79.5. The molecule has 340 valence electrons. The summed E-state index contributed by atoms with van der Waals surface area (Å²) >= 11 is 0. The molecule has 13 heteroatoms. The van der Waals surface area contributed by atoms with Crippen LogP contribution in [0.15, 0.2) is 48.7 Å². The van der Waals surface area contributed by atoms with Crippen LogP contribution in [0.5, 0.6) is 0 Å². The Morgan fingerprint density at radius 2 is 1.57 bits per heavy atom. The normalized spacial score (nSPS) is 18.2. The van der Waals surface area contributed by atoms with Crippen LogP contribution in [0.2, 0.25) is 0 Å². The van der Waals surface area contributed by atoms with Gasteiger partial charge >= 0.3 is 5.97 Å². The maximum absolute atomic E-state index is 14.6. The Balaban J connectivity index is 1.79. The summed E-state index contributed by atoms with van der Waals surface area (Å²) < 4.78 is 17.1. The molecule has 0 radical (unpaired) electrons. The average molecular weight is 850 g/mol. The molecule has 2 aromatic rings. The van der Waals surface area contributed by atoms with Gasteiger partial charge in [-0.15, -0.1) is 0 Å². The van der Waals surface area contributed by atoms with Gasteiger partial charge in [0.2, 0.25) is 17.7 Å². The van der Waals surface area contributed by atoms with Crippen molar-refractivity contribution in [1.29, 1.82) is 0 Å². The SMILES string of the molecule is CC[C@H](C)[C@@H]([C@@H](CC(=O)N1CCC[C@H]1[C@H](OC)[C@@H](C)C(=O)N[C@@H](Cc1ccccc1)C(=O)OC)OC)N(C)C(=O)[C@@H](CC(=O)[C@H](C(C)C)N(C)Cc1ccnc(C)c1)C(C)C. The number of benzene rings is 1. The predicted molar refractivity (Wildman–Crippen MR) is 237 cm³/mol. The number of rotatable bonds is 24. The van der Waals surface area contributed by atoms with Crippen molar-refractivity contribution in [1.82, 2.24) is 25.0 Å². The van der Waals surface area contributed by atoms with Gasteiger partial charge in [-0.25, -0.2) is 4.79 Å². The highest BCUT2D eigenvalue weighted by Crippen LogP contribution is 2.31. The van der Waals surface area contributed by atoms with Crippen LogP contribution in [0.3, 0.4) is 0 Å². The number of hydrogen-bond acceptors (Lipinski definition) is 10. The summed E-state index contributed by atoms with van der Waals surface area (Å²) in [5, 5.41) is 2.87. The van der Waals surface area contributed by atoms with Gasteiger partial charge in [0.1, 0.15) is 6.04 Å². The zero-order chi connectivity index (χ0) is 45.6. The number of nitrogens with zero attached hydrogens (tertiary/aromatic N) is 4. The van der Waals surface area contributed by atoms with Gasteiger partial charge < -0.3 is 29.3 Å². The third-order valence-electron chi connectivity index (χ3n) is 12.7. The predicted octanol–water partition coefficient (Wildman–Crippen LogP) is 5.90. The first-order valence-corrected chi connectivity index (χ1v) is 22.1. The first-order chi connectivity index (χ1) is 28.9. The van der Waals surface area contributed by atoms with Crippen molar-refractivity contribution < 1.29 is 38.2 Å². The topological polar surface area (TPSA) is 148 Å². The van der Waals surface area contributed by atoms with Gasteiger partial charge in [-0.3, -0.25) is 29.1 Å². The molecule has 9 atom stereocenters. The maximum atomic E-state index is 14.6. The molecule has 0 aliphatic carbocycles. The van der Waals surface area contributed by atoms with E-state index in [1.807, 2.05) is 84.1 Å². The highest BCUT2D eigenvalue weighted by atomic mass is 16.5. The van der Waals surface area contributed by atoms with Gasteiger partial charge in [-0.2, -0.15) is 0 Å². The summed E-state index contributed by atoms with van der Waals surface area (Å²) in [6, 6.07) is 11.3. The number of methoxy groups -OCH3 is 3. The molecule has 2 heterocycles. The minimum Gasteiger partial charge on any atom is -0.467 e. The Morgan fingerprint density at radius 3 is 2.13 bits per heavy atom. The van der Waals surface area contributed by atoms with Gasteiger partial charge in [0.15, 0.2) is 5.78 Å². The fraction of sp³-hybridized carbons (Fsp3) is 0.667. The highest BCUT2D eigenvalue weighted by Gasteiger charge is 2.43. The molecule has 61 heavy (non-hydrogen) atoms. The molecule has 13 nitrogen and oxygen atoms in total. The van der Waals surface area contributed by atoms with Crippen molar-refractivity contribution >= 4 is 29.5 Å². The van der Waals surface area contributed by atoms with E-state index in [4.69, 9.17) is 14.2 Å². The van der Waals surface area contributed by atoms with E-state index in [9.17, 15) is 24.0 Å². The summed E-state index contributed by atoms with van der Waals surface area (Å²) in [5.74, 6) is -2.59. The molecule has 0 unspecified atom stereocenters. The van der Waals surface area contributed by atoms with Crippen molar-refractivity contribution in [3.8, 4) is 0 Å². The Labute approximate surface area is 365 Å². The lowest BCUT2D eigenvalue weighted by Crippen LogP contribution is -2.55. The molecule has 3 amide bonds. The molecule has 3 rings (SSSR count). The van der Waals surface area contributed by atoms with Crippen LogP contribution in [0.4, 0.5) is 0 Å². The fourth-order valence-electron chi connectivity index (χ4n) is 9.22. The number of likely N-dealkylation sites (tertiary alicyclic amines) is 1. The molecule has 1 aliphatic heterocycles. The van der Waals surface area contributed by atoms with Crippen LogP contribution in [-0.4, -0.2) is 128 Å². The quantitative estimate of drug-likeness (QED) is 0.127. The number of amides is 3. The van der Waals surface area contributed by atoms with Crippen LogP contribution in [0.1, 0.15) is 97.4 Å². The van der Waals surface area contributed by atoms with Gasteiger partial charge in [-0.1, -0.05) is 85.2 Å². The van der Waals surface area contributed by atoms with Crippen LogP contribution in [-0.2, 0) is 51.1 Å². The summed E-state index contributed by atoms with van der Waals surface area (Å²) in [6.07, 6.45) is 2.96. The first kappa shape index (κ1) is 51.2. The lowest BCUT2D eigenvalue weighted by Gasteiger charge is -2.41.